The minimum absolute atomic E-state index is 0.0401. The van der Waals surface area contributed by atoms with Gasteiger partial charge in [0.2, 0.25) is 11.8 Å². The highest BCUT2D eigenvalue weighted by molar-refractivity contribution is 7.14. The molecule has 0 bridgehead atoms. The van der Waals surface area contributed by atoms with Crippen molar-refractivity contribution in [1.29, 1.82) is 0 Å². The molecule has 0 spiro atoms. The van der Waals surface area contributed by atoms with Gasteiger partial charge in [-0.1, -0.05) is 6.42 Å². The van der Waals surface area contributed by atoms with Gasteiger partial charge in [-0.25, -0.2) is 9.97 Å². The second-order valence-electron chi connectivity index (χ2n) is 5.21. The molecule has 0 aromatic carbocycles. The van der Waals surface area contributed by atoms with Crippen LogP contribution in [0.3, 0.4) is 0 Å². The molecule has 1 saturated carbocycles. The molecule has 2 atom stereocenters. The van der Waals surface area contributed by atoms with Gasteiger partial charge in [-0.05, 0) is 19.3 Å². The van der Waals surface area contributed by atoms with Crippen molar-refractivity contribution in [1.82, 2.24) is 9.97 Å². The topological polar surface area (TPSA) is 84.0 Å². The lowest BCUT2D eigenvalue weighted by Gasteiger charge is -2.27. The number of hydrogen-bond acceptors (Lipinski definition) is 6. The van der Waals surface area contributed by atoms with Crippen LogP contribution in [0, 0.1) is 11.8 Å². The maximum atomic E-state index is 12.3. The molecule has 0 saturated heterocycles. The van der Waals surface area contributed by atoms with Crippen LogP contribution in [0.2, 0.25) is 0 Å². The van der Waals surface area contributed by atoms with Gasteiger partial charge in [0, 0.05) is 35.0 Å². The Balaban J connectivity index is 1.56. The lowest BCUT2D eigenvalue weighted by atomic mass is 9.80. The first-order valence-electron chi connectivity index (χ1n) is 7.13. The summed E-state index contributed by atoms with van der Waals surface area (Å²) in [5.74, 6) is -0.349. The van der Waals surface area contributed by atoms with E-state index in [4.69, 9.17) is 0 Å². The number of nitrogens with zero attached hydrogens (tertiary/aromatic N) is 2. The molecule has 0 unspecified atom stereocenters. The van der Waals surface area contributed by atoms with E-state index in [2.05, 4.69) is 20.6 Å². The monoisotopic (exact) mass is 336 g/mol. The molecular weight excluding hydrogens is 320 g/mol. The lowest BCUT2D eigenvalue weighted by Crippen LogP contribution is -2.33. The molecule has 6 nitrogen and oxygen atoms in total. The third kappa shape index (κ3) is 3.69. The smallest absolute Gasteiger partial charge is 0.229 e. The Bertz CT molecular complexity index is 573. The summed E-state index contributed by atoms with van der Waals surface area (Å²) >= 11 is 2.79. The van der Waals surface area contributed by atoms with Crippen molar-refractivity contribution in [3.8, 4) is 0 Å². The summed E-state index contributed by atoms with van der Waals surface area (Å²) in [6, 6.07) is 0. The average Bonchev–Trinajstić information content (AvgIpc) is 3.21. The molecule has 0 radical (unpaired) electrons. The number of nitrogens with one attached hydrogen (secondary N) is 2. The SMILES string of the molecule is O=C(Nc1nccs1)[C@H]1CCC[C@H](C(=O)Nc2nccs2)C1. The van der Waals surface area contributed by atoms with E-state index in [-0.39, 0.29) is 23.7 Å². The quantitative estimate of drug-likeness (QED) is 0.899. The zero-order valence-electron chi connectivity index (χ0n) is 11.8. The largest absolute Gasteiger partial charge is 0.302 e. The maximum Gasteiger partial charge on any atom is 0.229 e. The zero-order chi connectivity index (χ0) is 15.4. The Labute approximate surface area is 136 Å². The summed E-state index contributed by atoms with van der Waals surface area (Å²) in [6.45, 7) is 0. The second-order valence-corrected chi connectivity index (χ2v) is 7.00. The summed E-state index contributed by atoms with van der Waals surface area (Å²) in [4.78, 5) is 32.6. The van der Waals surface area contributed by atoms with Gasteiger partial charge in [0.1, 0.15) is 0 Å². The van der Waals surface area contributed by atoms with E-state index in [0.717, 1.165) is 19.3 Å². The van der Waals surface area contributed by atoms with Gasteiger partial charge in [0.15, 0.2) is 10.3 Å². The van der Waals surface area contributed by atoms with Crippen molar-refractivity contribution in [3.63, 3.8) is 0 Å². The maximum absolute atomic E-state index is 12.3. The first-order valence-corrected chi connectivity index (χ1v) is 8.89. The molecule has 2 aromatic heterocycles. The summed E-state index contributed by atoms with van der Waals surface area (Å²) in [6.07, 6.45) is 6.41. The average molecular weight is 336 g/mol. The van der Waals surface area contributed by atoms with Gasteiger partial charge in [0.25, 0.3) is 0 Å². The fraction of sp³-hybridized carbons (Fsp3) is 0.429. The van der Waals surface area contributed by atoms with E-state index < -0.39 is 0 Å². The number of rotatable bonds is 4. The van der Waals surface area contributed by atoms with Crippen LogP contribution in [-0.4, -0.2) is 21.8 Å². The standard InChI is InChI=1S/C14H16N4O2S2/c19-11(17-13-15-4-6-21-13)9-2-1-3-10(8-9)12(20)18-14-16-5-7-22-14/h4-7,9-10H,1-3,8H2,(H,15,17,19)(H,16,18,20)/t9-,10-/m0/s1. The minimum atomic E-state index is -0.135. The van der Waals surface area contributed by atoms with Crippen molar-refractivity contribution in [2.45, 2.75) is 25.7 Å². The van der Waals surface area contributed by atoms with E-state index in [9.17, 15) is 9.59 Å². The van der Waals surface area contributed by atoms with Crippen LogP contribution in [0.5, 0.6) is 0 Å². The van der Waals surface area contributed by atoms with Crippen LogP contribution in [0.1, 0.15) is 25.7 Å². The Morgan fingerprint density at radius 1 is 0.955 bits per heavy atom. The van der Waals surface area contributed by atoms with Crippen LogP contribution in [0.25, 0.3) is 0 Å². The minimum Gasteiger partial charge on any atom is -0.302 e. The number of amides is 2. The van der Waals surface area contributed by atoms with Gasteiger partial charge >= 0.3 is 0 Å². The predicted octanol–water partition coefficient (Wildman–Crippen LogP) is 2.98. The van der Waals surface area contributed by atoms with E-state index >= 15 is 0 Å². The highest BCUT2D eigenvalue weighted by Crippen LogP contribution is 2.31. The Morgan fingerprint density at radius 3 is 1.86 bits per heavy atom. The van der Waals surface area contributed by atoms with Crippen molar-refractivity contribution in [3.05, 3.63) is 23.2 Å². The van der Waals surface area contributed by atoms with Crippen LogP contribution in [0.4, 0.5) is 10.3 Å². The number of thiazole rings is 2. The fourth-order valence-electron chi connectivity index (χ4n) is 2.65. The summed E-state index contributed by atoms with van der Waals surface area (Å²) < 4.78 is 0. The number of aromatic nitrogens is 2. The summed E-state index contributed by atoms with van der Waals surface area (Å²) in [7, 11) is 0. The third-order valence-corrected chi connectivity index (χ3v) is 5.12. The first kappa shape index (κ1) is 15.1. The molecule has 8 heteroatoms. The molecule has 3 rings (SSSR count). The molecule has 0 aliphatic heterocycles. The van der Waals surface area contributed by atoms with Crippen molar-refractivity contribution >= 4 is 44.8 Å². The number of hydrogen-bond donors (Lipinski definition) is 2. The molecule has 2 heterocycles. The molecule has 2 N–H and O–H groups in total. The lowest BCUT2D eigenvalue weighted by molar-refractivity contribution is -0.124. The molecule has 2 amide bonds. The van der Waals surface area contributed by atoms with Crippen LogP contribution >= 0.6 is 22.7 Å². The van der Waals surface area contributed by atoms with E-state index in [1.165, 1.54) is 22.7 Å². The molecule has 1 fully saturated rings. The van der Waals surface area contributed by atoms with E-state index in [1.807, 2.05) is 10.8 Å². The Kier molecular flexibility index (Phi) is 4.79. The summed E-state index contributed by atoms with van der Waals surface area (Å²) in [5, 5.41) is 10.5. The van der Waals surface area contributed by atoms with E-state index in [1.54, 1.807) is 12.4 Å². The van der Waals surface area contributed by atoms with Crippen molar-refractivity contribution < 1.29 is 9.59 Å². The first-order chi connectivity index (χ1) is 10.7. The van der Waals surface area contributed by atoms with Gasteiger partial charge in [-0.2, -0.15) is 0 Å². The molecule has 1 aliphatic carbocycles. The molecule has 1 aliphatic rings. The third-order valence-electron chi connectivity index (χ3n) is 3.74. The van der Waals surface area contributed by atoms with Crippen molar-refractivity contribution in [2.75, 3.05) is 10.6 Å². The van der Waals surface area contributed by atoms with Gasteiger partial charge < -0.3 is 10.6 Å². The molecule has 22 heavy (non-hydrogen) atoms. The highest BCUT2D eigenvalue weighted by Gasteiger charge is 2.31. The van der Waals surface area contributed by atoms with Crippen LogP contribution in [-0.2, 0) is 9.59 Å². The number of anilines is 2. The molecule has 116 valence electrons. The Morgan fingerprint density at radius 2 is 1.45 bits per heavy atom. The number of carbonyl (C=O) groups excluding carboxylic acids is 2. The van der Waals surface area contributed by atoms with Gasteiger partial charge in [-0.15, -0.1) is 22.7 Å². The highest BCUT2D eigenvalue weighted by atomic mass is 32.1. The Hall–Kier alpha value is -1.80. The molecular formula is C14H16N4O2S2. The van der Waals surface area contributed by atoms with Gasteiger partial charge in [-0.3, -0.25) is 9.59 Å². The number of carbonyl (C=O) groups is 2. The van der Waals surface area contributed by atoms with Crippen LogP contribution in [0.15, 0.2) is 23.2 Å². The second kappa shape index (κ2) is 6.97. The zero-order valence-corrected chi connectivity index (χ0v) is 13.5. The van der Waals surface area contributed by atoms with Gasteiger partial charge in [0.05, 0.1) is 0 Å². The normalized spacial score (nSPS) is 21.3. The summed E-state index contributed by atoms with van der Waals surface area (Å²) in [5.41, 5.74) is 0. The molecule has 2 aromatic rings. The fourth-order valence-corrected chi connectivity index (χ4v) is 3.72. The van der Waals surface area contributed by atoms with Crippen LogP contribution < -0.4 is 10.6 Å². The van der Waals surface area contributed by atoms with E-state index in [0.29, 0.717) is 16.7 Å². The van der Waals surface area contributed by atoms with Crippen molar-refractivity contribution in [2.24, 2.45) is 11.8 Å². The predicted molar refractivity (Wildman–Crippen MR) is 86.9 cm³/mol.